The van der Waals surface area contributed by atoms with Gasteiger partial charge in [0, 0.05) is 11.6 Å². The van der Waals surface area contributed by atoms with E-state index < -0.39 is 43.9 Å². The number of nitro benzene ring substituents is 1. The molecule has 0 radical (unpaired) electrons. The summed E-state index contributed by atoms with van der Waals surface area (Å²) in [6.07, 6.45) is 2.83. The average molecular weight is 471 g/mol. The van der Waals surface area contributed by atoms with Crippen LogP contribution in [-0.2, 0) is 25.9 Å². The third-order valence-electron chi connectivity index (χ3n) is 6.54. The SMILES string of the molecule is Cc1cc(C(=O)O[C@H]2[C@H](Cc3ccccc3)NS(=O)(=O)[C@H]3C[C@@H]4C=C[C@]23O4)ccc1[N+](=O)[O-]. The number of esters is 1. The molecule has 0 aromatic heterocycles. The fraction of sp³-hybridized carbons (Fsp3) is 0.348. The second-order valence-corrected chi connectivity index (χ2v) is 10.5. The van der Waals surface area contributed by atoms with E-state index in [1.807, 2.05) is 36.4 Å². The molecule has 172 valence electrons. The van der Waals surface area contributed by atoms with Crippen molar-refractivity contribution in [2.24, 2.45) is 0 Å². The Labute approximate surface area is 190 Å². The van der Waals surface area contributed by atoms with Crippen molar-refractivity contribution in [2.75, 3.05) is 0 Å². The summed E-state index contributed by atoms with van der Waals surface area (Å²) >= 11 is 0. The van der Waals surface area contributed by atoms with Gasteiger partial charge in [-0.3, -0.25) is 10.1 Å². The monoisotopic (exact) mass is 470 g/mol. The molecule has 1 N–H and O–H groups in total. The van der Waals surface area contributed by atoms with Crippen molar-refractivity contribution in [3.63, 3.8) is 0 Å². The third-order valence-corrected chi connectivity index (χ3v) is 8.48. The number of ether oxygens (including phenoxy) is 2. The van der Waals surface area contributed by atoms with E-state index in [0.717, 1.165) is 5.56 Å². The zero-order valence-electron chi connectivity index (χ0n) is 17.7. The molecular weight excluding hydrogens is 448 g/mol. The molecular formula is C23H22N2O7S. The molecule has 3 aliphatic heterocycles. The van der Waals surface area contributed by atoms with Crippen molar-refractivity contribution in [3.8, 4) is 0 Å². The number of rotatable bonds is 5. The van der Waals surface area contributed by atoms with Gasteiger partial charge in [0.2, 0.25) is 10.0 Å². The maximum Gasteiger partial charge on any atom is 0.338 e. The van der Waals surface area contributed by atoms with Gasteiger partial charge in [-0.25, -0.2) is 17.9 Å². The van der Waals surface area contributed by atoms with Crippen LogP contribution in [0.1, 0.15) is 27.9 Å². The molecule has 2 aromatic carbocycles. The number of nitrogens with one attached hydrogen (secondary N) is 1. The summed E-state index contributed by atoms with van der Waals surface area (Å²) in [6.45, 7) is 1.54. The van der Waals surface area contributed by atoms with Crippen LogP contribution >= 0.6 is 0 Å². The second-order valence-electron chi connectivity index (χ2n) is 8.64. The lowest BCUT2D eigenvalue weighted by molar-refractivity contribution is -0.385. The number of nitrogens with zero attached hydrogens (tertiary/aromatic N) is 1. The van der Waals surface area contributed by atoms with Gasteiger partial charge in [-0.15, -0.1) is 0 Å². The quantitative estimate of drug-likeness (QED) is 0.308. The molecule has 0 unspecified atom stereocenters. The van der Waals surface area contributed by atoms with E-state index in [0.29, 0.717) is 12.0 Å². The molecule has 0 aliphatic carbocycles. The van der Waals surface area contributed by atoms with E-state index in [1.54, 1.807) is 13.0 Å². The highest BCUT2D eigenvalue weighted by atomic mass is 32.2. The molecule has 3 aliphatic rings. The first-order chi connectivity index (χ1) is 15.7. The Bertz CT molecular complexity index is 1260. The normalized spacial score (nSPS) is 31.2. The largest absolute Gasteiger partial charge is 0.454 e. The van der Waals surface area contributed by atoms with Crippen molar-refractivity contribution in [1.29, 1.82) is 0 Å². The summed E-state index contributed by atoms with van der Waals surface area (Å²) in [6, 6.07) is 12.6. The predicted molar refractivity (Wildman–Crippen MR) is 118 cm³/mol. The number of hydrogen-bond donors (Lipinski definition) is 1. The molecule has 2 saturated heterocycles. The van der Waals surface area contributed by atoms with E-state index in [-0.39, 0.29) is 23.8 Å². The molecule has 2 aromatic rings. The number of sulfonamides is 1. The van der Waals surface area contributed by atoms with Gasteiger partial charge < -0.3 is 9.47 Å². The molecule has 0 amide bonds. The first-order valence-corrected chi connectivity index (χ1v) is 12.1. The Balaban J connectivity index is 1.50. The Hall–Kier alpha value is -3.08. The Morgan fingerprint density at radius 3 is 2.70 bits per heavy atom. The number of hydrogen-bond acceptors (Lipinski definition) is 7. The molecule has 5 rings (SSSR count). The number of carbonyl (C=O) groups is 1. The van der Waals surface area contributed by atoms with Gasteiger partial charge in [0.1, 0.15) is 10.9 Å². The lowest BCUT2D eigenvalue weighted by Gasteiger charge is -2.45. The van der Waals surface area contributed by atoms with Gasteiger partial charge in [-0.1, -0.05) is 36.4 Å². The summed E-state index contributed by atoms with van der Waals surface area (Å²) < 4.78 is 40.9. The lowest BCUT2D eigenvalue weighted by Crippen LogP contribution is -2.68. The van der Waals surface area contributed by atoms with Crippen LogP contribution < -0.4 is 4.72 Å². The van der Waals surface area contributed by atoms with E-state index in [1.165, 1.54) is 18.2 Å². The predicted octanol–water partition coefficient (Wildman–Crippen LogP) is 2.44. The number of nitro groups is 1. The number of fused-ring (bicyclic) bond motifs is 1. The fourth-order valence-corrected chi connectivity index (χ4v) is 7.04. The van der Waals surface area contributed by atoms with Gasteiger partial charge in [-0.05, 0) is 43.5 Å². The van der Waals surface area contributed by atoms with Crippen molar-refractivity contribution in [3.05, 3.63) is 87.5 Å². The topological polar surface area (TPSA) is 125 Å². The highest BCUT2D eigenvalue weighted by Crippen LogP contribution is 2.48. The van der Waals surface area contributed by atoms with Crippen LogP contribution in [0.3, 0.4) is 0 Å². The molecule has 9 nitrogen and oxygen atoms in total. The summed E-state index contributed by atoms with van der Waals surface area (Å²) in [4.78, 5) is 23.7. The standard InChI is InChI=1S/C23H22N2O7S/c1-14-11-16(7-8-19(14)25(27)28)22(26)31-21-18(12-15-5-3-2-4-6-15)24-33(29,30)20-13-17-9-10-23(20,21)32-17/h2-11,17-18,20-21,24H,12-13H2,1H3/t17-,18-,20-,21-,23+/m0/s1. The van der Waals surface area contributed by atoms with Crippen molar-refractivity contribution >= 4 is 21.7 Å². The van der Waals surface area contributed by atoms with Crippen LogP contribution in [0.15, 0.2) is 60.7 Å². The van der Waals surface area contributed by atoms with Crippen LogP contribution in [0.4, 0.5) is 5.69 Å². The van der Waals surface area contributed by atoms with Gasteiger partial charge in [-0.2, -0.15) is 0 Å². The summed E-state index contributed by atoms with van der Waals surface area (Å²) in [7, 11) is -3.72. The van der Waals surface area contributed by atoms with Crippen LogP contribution in [0.2, 0.25) is 0 Å². The number of aryl methyl sites for hydroxylation is 1. The van der Waals surface area contributed by atoms with Gasteiger partial charge in [0.15, 0.2) is 6.10 Å². The van der Waals surface area contributed by atoms with Crippen LogP contribution in [0, 0.1) is 17.0 Å². The van der Waals surface area contributed by atoms with Gasteiger partial charge in [0.25, 0.3) is 5.69 Å². The molecule has 5 atom stereocenters. The summed E-state index contributed by atoms with van der Waals surface area (Å²) in [5.74, 6) is -0.697. The minimum atomic E-state index is -3.72. The number of benzene rings is 2. The Kier molecular flexibility index (Phi) is 5.11. The molecule has 0 saturated carbocycles. The lowest BCUT2D eigenvalue weighted by atomic mass is 9.83. The molecule has 3 heterocycles. The highest BCUT2D eigenvalue weighted by molar-refractivity contribution is 7.90. The van der Waals surface area contributed by atoms with Crippen molar-refractivity contribution < 1.29 is 27.6 Å². The van der Waals surface area contributed by atoms with Gasteiger partial charge >= 0.3 is 5.97 Å². The average Bonchev–Trinajstić information content (AvgIpc) is 3.37. The van der Waals surface area contributed by atoms with Crippen LogP contribution in [0.5, 0.6) is 0 Å². The third kappa shape index (κ3) is 3.64. The maximum absolute atomic E-state index is 13.1. The van der Waals surface area contributed by atoms with E-state index in [9.17, 15) is 23.3 Å². The Morgan fingerprint density at radius 2 is 2.03 bits per heavy atom. The zero-order valence-corrected chi connectivity index (χ0v) is 18.5. The van der Waals surface area contributed by atoms with Crippen LogP contribution in [0.25, 0.3) is 0 Å². The molecule has 2 fully saturated rings. The first kappa shape index (κ1) is 21.7. The smallest absolute Gasteiger partial charge is 0.338 e. The van der Waals surface area contributed by atoms with E-state index >= 15 is 0 Å². The van der Waals surface area contributed by atoms with E-state index in [4.69, 9.17) is 9.47 Å². The zero-order chi connectivity index (χ0) is 23.4. The molecule has 1 spiro atoms. The van der Waals surface area contributed by atoms with Crippen molar-refractivity contribution in [1.82, 2.24) is 4.72 Å². The fourth-order valence-electron chi connectivity index (χ4n) is 5.05. The molecule has 10 heteroatoms. The van der Waals surface area contributed by atoms with Crippen LogP contribution in [-0.4, -0.2) is 48.4 Å². The van der Waals surface area contributed by atoms with Crippen molar-refractivity contribution in [2.45, 2.75) is 48.9 Å². The minimum absolute atomic E-state index is 0.0988. The summed E-state index contributed by atoms with van der Waals surface area (Å²) in [5.41, 5.74) is -0.0233. The number of carbonyl (C=O) groups excluding carboxylic acids is 1. The highest BCUT2D eigenvalue weighted by Gasteiger charge is 2.66. The summed E-state index contributed by atoms with van der Waals surface area (Å²) in [5, 5.41) is 10.2. The maximum atomic E-state index is 13.1. The first-order valence-electron chi connectivity index (χ1n) is 10.6. The second kappa shape index (κ2) is 7.75. The van der Waals surface area contributed by atoms with Gasteiger partial charge in [0.05, 0.1) is 22.6 Å². The molecule has 2 bridgehead atoms. The molecule has 33 heavy (non-hydrogen) atoms. The minimum Gasteiger partial charge on any atom is -0.454 e. The van der Waals surface area contributed by atoms with E-state index in [2.05, 4.69) is 4.72 Å². The Morgan fingerprint density at radius 1 is 1.27 bits per heavy atom.